The van der Waals surface area contributed by atoms with E-state index in [2.05, 4.69) is 67.5 Å². The summed E-state index contributed by atoms with van der Waals surface area (Å²) in [5, 5.41) is 3.68. The fourth-order valence-electron chi connectivity index (χ4n) is 2.59. The molecule has 0 saturated heterocycles. The van der Waals surface area contributed by atoms with E-state index in [1.807, 2.05) is 11.3 Å². The van der Waals surface area contributed by atoms with Gasteiger partial charge in [-0.1, -0.05) is 22.0 Å². The summed E-state index contributed by atoms with van der Waals surface area (Å²) in [6, 6.07) is 11.6. The van der Waals surface area contributed by atoms with Gasteiger partial charge in [0.2, 0.25) is 0 Å². The van der Waals surface area contributed by atoms with E-state index >= 15 is 0 Å². The van der Waals surface area contributed by atoms with Crippen molar-refractivity contribution in [1.82, 2.24) is 5.32 Å². The van der Waals surface area contributed by atoms with E-state index in [0.29, 0.717) is 6.04 Å². The quantitative estimate of drug-likeness (QED) is 0.770. The molecule has 0 spiro atoms. The molecular formula is C15H15Br2NS. The van der Waals surface area contributed by atoms with E-state index < -0.39 is 0 Å². The lowest BCUT2D eigenvalue weighted by Gasteiger charge is -2.25. The topological polar surface area (TPSA) is 12.0 Å². The molecule has 0 radical (unpaired) electrons. The molecule has 3 rings (SSSR count). The van der Waals surface area contributed by atoms with Gasteiger partial charge in [0.05, 0.1) is 3.79 Å². The summed E-state index contributed by atoms with van der Waals surface area (Å²) in [4.78, 5) is 1.40. The van der Waals surface area contributed by atoms with Crippen LogP contribution in [0.2, 0.25) is 0 Å². The van der Waals surface area contributed by atoms with Crippen LogP contribution in [-0.2, 0) is 19.4 Å². The first-order chi connectivity index (χ1) is 9.20. The van der Waals surface area contributed by atoms with Crippen LogP contribution in [0.4, 0.5) is 0 Å². The lowest BCUT2D eigenvalue weighted by Crippen LogP contribution is -2.33. The van der Waals surface area contributed by atoms with Gasteiger partial charge in [0, 0.05) is 21.9 Å². The highest BCUT2D eigenvalue weighted by molar-refractivity contribution is 9.11. The van der Waals surface area contributed by atoms with Gasteiger partial charge in [-0.25, -0.2) is 0 Å². The fraction of sp³-hybridized carbons (Fsp3) is 0.333. The van der Waals surface area contributed by atoms with Crippen molar-refractivity contribution in [2.24, 2.45) is 0 Å². The van der Waals surface area contributed by atoms with Crippen LogP contribution in [-0.4, -0.2) is 6.04 Å². The first-order valence-corrected chi connectivity index (χ1v) is 8.86. The monoisotopic (exact) mass is 399 g/mol. The van der Waals surface area contributed by atoms with Gasteiger partial charge < -0.3 is 5.32 Å². The highest BCUT2D eigenvalue weighted by Crippen LogP contribution is 2.26. The third-order valence-corrected chi connectivity index (χ3v) is 5.71. The van der Waals surface area contributed by atoms with Crippen molar-refractivity contribution in [3.63, 3.8) is 0 Å². The smallest absolute Gasteiger partial charge is 0.0701 e. The minimum atomic E-state index is 0.606. The highest BCUT2D eigenvalue weighted by Gasteiger charge is 2.18. The maximum Gasteiger partial charge on any atom is 0.0701 e. The molecule has 0 aliphatic heterocycles. The van der Waals surface area contributed by atoms with Crippen molar-refractivity contribution in [2.75, 3.05) is 0 Å². The van der Waals surface area contributed by atoms with Crippen LogP contribution in [0.25, 0.3) is 0 Å². The lowest BCUT2D eigenvalue weighted by atomic mass is 9.88. The van der Waals surface area contributed by atoms with Gasteiger partial charge in [0.25, 0.3) is 0 Å². The molecule has 1 heterocycles. The molecule has 0 bridgehead atoms. The maximum atomic E-state index is 3.68. The first kappa shape index (κ1) is 13.8. The molecule has 4 heteroatoms. The van der Waals surface area contributed by atoms with Crippen molar-refractivity contribution in [2.45, 2.75) is 31.8 Å². The molecule has 0 fully saturated rings. The summed E-state index contributed by atoms with van der Waals surface area (Å²) in [6.07, 6.45) is 3.56. The second kappa shape index (κ2) is 6.08. The number of hydrogen-bond donors (Lipinski definition) is 1. The largest absolute Gasteiger partial charge is 0.309 e. The van der Waals surface area contributed by atoms with E-state index in [4.69, 9.17) is 0 Å². The van der Waals surface area contributed by atoms with Crippen LogP contribution in [0.3, 0.4) is 0 Å². The normalized spacial score (nSPS) is 18.3. The van der Waals surface area contributed by atoms with Gasteiger partial charge in [-0.3, -0.25) is 0 Å². The average Bonchev–Trinajstić information content (AvgIpc) is 2.82. The Morgan fingerprint density at radius 3 is 2.84 bits per heavy atom. The van der Waals surface area contributed by atoms with Crippen molar-refractivity contribution >= 4 is 43.2 Å². The number of hydrogen-bond acceptors (Lipinski definition) is 2. The van der Waals surface area contributed by atoms with E-state index in [9.17, 15) is 0 Å². The molecule has 19 heavy (non-hydrogen) atoms. The van der Waals surface area contributed by atoms with Crippen LogP contribution in [0.15, 0.2) is 38.6 Å². The number of rotatable bonds is 3. The summed E-state index contributed by atoms with van der Waals surface area (Å²) in [6.45, 7) is 0.979. The number of benzene rings is 1. The summed E-state index contributed by atoms with van der Waals surface area (Å²) >= 11 is 8.87. The molecule has 0 amide bonds. The highest BCUT2D eigenvalue weighted by atomic mass is 79.9. The second-order valence-corrected chi connectivity index (χ2v) is 8.40. The Morgan fingerprint density at radius 1 is 1.16 bits per heavy atom. The van der Waals surface area contributed by atoms with E-state index in [1.165, 1.54) is 37.1 Å². The number of aryl methyl sites for hydroxylation is 1. The second-order valence-electron chi connectivity index (χ2n) is 4.94. The van der Waals surface area contributed by atoms with Gasteiger partial charge in [-0.15, -0.1) is 11.3 Å². The Morgan fingerprint density at radius 2 is 2.05 bits per heavy atom. The zero-order valence-corrected chi connectivity index (χ0v) is 14.4. The van der Waals surface area contributed by atoms with Gasteiger partial charge >= 0.3 is 0 Å². The van der Waals surface area contributed by atoms with Crippen LogP contribution < -0.4 is 5.32 Å². The predicted molar refractivity (Wildman–Crippen MR) is 88.8 cm³/mol. The maximum absolute atomic E-state index is 3.68. The van der Waals surface area contributed by atoms with Crippen molar-refractivity contribution in [3.8, 4) is 0 Å². The molecule has 100 valence electrons. The zero-order chi connectivity index (χ0) is 13.2. The molecule has 1 aromatic carbocycles. The van der Waals surface area contributed by atoms with Crippen molar-refractivity contribution < 1.29 is 0 Å². The van der Waals surface area contributed by atoms with E-state index in [1.54, 1.807) is 0 Å². The fourth-order valence-corrected chi connectivity index (χ4v) is 4.43. The molecule has 1 aromatic heterocycles. The van der Waals surface area contributed by atoms with Crippen LogP contribution in [0, 0.1) is 0 Å². The standard InChI is InChI=1S/C15H15Br2NS/c16-12-3-1-11-8-13(4-2-10(11)7-12)18-9-14-5-6-15(17)19-14/h1,3,5-7,13,18H,2,4,8-9H2. The molecule has 2 aromatic rings. The Bertz CT molecular complexity index is 579. The SMILES string of the molecule is Brc1ccc2c(c1)CCC(NCc1ccc(Br)s1)C2. The Hall–Kier alpha value is -0.160. The molecule has 1 aliphatic rings. The summed E-state index contributed by atoms with van der Waals surface area (Å²) in [5.74, 6) is 0. The Labute approximate surface area is 134 Å². The minimum Gasteiger partial charge on any atom is -0.309 e. The molecule has 1 nitrogen and oxygen atoms in total. The van der Waals surface area contributed by atoms with Crippen LogP contribution in [0.5, 0.6) is 0 Å². The first-order valence-electron chi connectivity index (χ1n) is 6.45. The number of nitrogens with one attached hydrogen (secondary N) is 1. The summed E-state index contributed by atoms with van der Waals surface area (Å²) < 4.78 is 2.41. The van der Waals surface area contributed by atoms with E-state index in [0.717, 1.165) is 13.0 Å². The summed E-state index contributed by atoms with van der Waals surface area (Å²) in [7, 11) is 0. The Kier molecular flexibility index (Phi) is 4.42. The average molecular weight is 401 g/mol. The minimum absolute atomic E-state index is 0.606. The zero-order valence-electron chi connectivity index (χ0n) is 10.5. The lowest BCUT2D eigenvalue weighted by molar-refractivity contribution is 0.459. The van der Waals surface area contributed by atoms with Gasteiger partial charge in [0.15, 0.2) is 0 Å². The molecular weight excluding hydrogens is 386 g/mol. The van der Waals surface area contributed by atoms with Gasteiger partial charge in [-0.05, 0) is 70.6 Å². The number of fused-ring (bicyclic) bond motifs is 1. The third kappa shape index (κ3) is 3.48. The van der Waals surface area contributed by atoms with Gasteiger partial charge in [-0.2, -0.15) is 0 Å². The third-order valence-electron chi connectivity index (χ3n) is 3.59. The molecule has 1 unspecified atom stereocenters. The Balaban J connectivity index is 1.61. The molecule has 1 aliphatic carbocycles. The van der Waals surface area contributed by atoms with Crippen molar-refractivity contribution in [3.05, 3.63) is 54.6 Å². The number of thiophene rings is 1. The van der Waals surface area contributed by atoms with Gasteiger partial charge in [0.1, 0.15) is 0 Å². The predicted octanol–water partition coefficient (Wildman–Crippen LogP) is 4.92. The number of halogens is 2. The van der Waals surface area contributed by atoms with E-state index in [-0.39, 0.29) is 0 Å². The summed E-state index contributed by atoms with van der Waals surface area (Å²) in [5.41, 5.74) is 3.01. The molecule has 1 N–H and O–H groups in total. The molecule has 1 atom stereocenters. The van der Waals surface area contributed by atoms with Crippen molar-refractivity contribution in [1.29, 1.82) is 0 Å². The van der Waals surface area contributed by atoms with Crippen LogP contribution in [0.1, 0.15) is 22.4 Å². The van der Waals surface area contributed by atoms with Crippen LogP contribution >= 0.6 is 43.2 Å². The molecule has 0 saturated carbocycles.